The van der Waals surface area contributed by atoms with Gasteiger partial charge in [0.05, 0.1) is 11.4 Å². The molecule has 2 heterocycles. The topological polar surface area (TPSA) is 32.3 Å². The van der Waals surface area contributed by atoms with Crippen LogP contribution >= 0.6 is 0 Å². The number of hydrogen-bond donors (Lipinski definition) is 0. The van der Waals surface area contributed by atoms with Crippen LogP contribution in [-0.4, -0.2) is 47.1 Å². The number of aryl methyl sites for hydroxylation is 2. The molecule has 1 aromatic rings. The average molecular weight is 286 g/mol. The lowest BCUT2D eigenvalue weighted by Crippen LogP contribution is -2.52. The Bertz CT molecular complexity index is 522. The Hall–Kier alpha value is -1.16. The smallest absolute Gasteiger partial charge is 0.150 e. The van der Waals surface area contributed by atoms with E-state index in [2.05, 4.69) is 21.7 Å². The Balaban J connectivity index is 1.41. The predicted octanol–water partition coefficient (Wildman–Crippen LogP) is 2.40. The van der Waals surface area contributed by atoms with Crippen LogP contribution in [0.25, 0.3) is 0 Å². The zero-order valence-corrected chi connectivity index (χ0v) is 13.3. The fraction of sp³-hybridized carbons (Fsp3) is 0.765. The first-order valence-electron chi connectivity index (χ1n) is 8.50. The molecule has 21 heavy (non-hydrogen) atoms. The second-order valence-corrected chi connectivity index (χ2v) is 7.19. The molecule has 1 aliphatic heterocycles. The van der Waals surface area contributed by atoms with Crippen molar-refractivity contribution in [3.8, 4) is 0 Å². The Morgan fingerprint density at radius 3 is 2.52 bits per heavy atom. The van der Waals surface area contributed by atoms with Crippen molar-refractivity contribution in [2.45, 2.75) is 45.6 Å². The Morgan fingerprint density at radius 1 is 1.05 bits per heavy atom. The van der Waals surface area contributed by atoms with Crippen LogP contribution in [0.1, 0.15) is 37.1 Å². The molecule has 0 amide bonds. The first-order chi connectivity index (χ1) is 10.2. The number of aromatic nitrogens is 2. The van der Waals surface area contributed by atoms with E-state index < -0.39 is 0 Å². The number of fused-ring (bicyclic) bond motifs is 2. The molecule has 4 rings (SSSR count). The van der Waals surface area contributed by atoms with Crippen LogP contribution in [0.3, 0.4) is 0 Å². The van der Waals surface area contributed by atoms with Crippen molar-refractivity contribution in [3.05, 3.63) is 17.6 Å². The Morgan fingerprint density at radius 2 is 1.86 bits per heavy atom. The van der Waals surface area contributed by atoms with E-state index >= 15 is 0 Å². The summed E-state index contributed by atoms with van der Waals surface area (Å²) in [6, 6.07) is 0.885. The van der Waals surface area contributed by atoms with Crippen molar-refractivity contribution in [1.82, 2.24) is 14.9 Å². The minimum absolute atomic E-state index is 0.885. The molecular formula is C17H26N4. The first-order valence-corrected chi connectivity index (χ1v) is 8.50. The maximum absolute atomic E-state index is 4.70. The predicted molar refractivity (Wildman–Crippen MR) is 84.5 cm³/mol. The summed E-state index contributed by atoms with van der Waals surface area (Å²) in [6.45, 7) is 8.71. The van der Waals surface area contributed by atoms with E-state index in [0.29, 0.717) is 0 Å². The molecular weight excluding hydrogens is 260 g/mol. The quantitative estimate of drug-likeness (QED) is 0.836. The van der Waals surface area contributed by atoms with Gasteiger partial charge in [0.25, 0.3) is 0 Å². The van der Waals surface area contributed by atoms with Crippen LogP contribution in [0.4, 0.5) is 5.82 Å². The summed E-state index contributed by atoms with van der Waals surface area (Å²) in [5.41, 5.74) is 2.08. The van der Waals surface area contributed by atoms with Gasteiger partial charge >= 0.3 is 0 Å². The number of anilines is 1. The summed E-state index contributed by atoms with van der Waals surface area (Å²) >= 11 is 0. The SMILES string of the molecule is Cc1cnc(C)c(N2CCN([C@H]3CC4CCC3C4)CC2)n1. The molecule has 2 saturated carbocycles. The van der Waals surface area contributed by atoms with E-state index in [9.17, 15) is 0 Å². The standard InChI is InChI=1S/C17H26N4/c1-12-11-18-13(2)17(19-12)21-7-5-20(6-8-21)16-10-14-3-4-15(16)9-14/h11,14-16H,3-10H2,1-2H3/t14?,15?,16-/m0/s1. The molecule has 0 spiro atoms. The van der Waals surface area contributed by atoms with E-state index in [1.54, 1.807) is 0 Å². The van der Waals surface area contributed by atoms with Crippen LogP contribution in [0.2, 0.25) is 0 Å². The lowest BCUT2D eigenvalue weighted by atomic mass is 9.93. The van der Waals surface area contributed by atoms with Gasteiger partial charge in [-0.25, -0.2) is 4.98 Å². The van der Waals surface area contributed by atoms with E-state index in [1.165, 1.54) is 38.8 Å². The lowest BCUT2D eigenvalue weighted by Gasteiger charge is -2.41. The molecule has 2 bridgehead atoms. The van der Waals surface area contributed by atoms with Crippen molar-refractivity contribution in [3.63, 3.8) is 0 Å². The molecule has 3 aliphatic rings. The molecule has 0 aromatic carbocycles. The van der Waals surface area contributed by atoms with Crippen LogP contribution in [-0.2, 0) is 0 Å². The van der Waals surface area contributed by atoms with Gasteiger partial charge in [-0.1, -0.05) is 6.42 Å². The highest BCUT2D eigenvalue weighted by Gasteiger charge is 2.42. The van der Waals surface area contributed by atoms with Crippen molar-refractivity contribution in [1.29, 1.82) is 0 Å². The van der Waals surface area contributed by atoms with Crippen molar-refractivity contribution >= 4 is 5.82 Å². The highest BCUT2D eigenvalue weighted by atomic mass is 15.3. The van der Waals surface area contributed by atoms with Crippen LogP contribution in [0.5, 0.6) is 0 Å². The normalized spacial score (nSPS) is 32.9. The highest BCUT2D eigenvalue weighted by Crippen LogP contribution is 2.46. The molecule has 4 heteroatoms. The lowest BCUT2D eigenvalue weighted by molar-refractivity contribution is 0.134. The first kappa shape index (κ1) is 13.5. The van der Waals surface area contributed by atoms with Crippen molar-refractivity contribution in [2.75, 3.05) is 31.1 Å². The maximum atomic E-state index is 4.70. The zero-order valence-electron chi connectivity index (χ0n) is 13.3. The molecule has 2 unspecified atom stereocenters. The van der Waals surface area contributed by atoms with Crippen molar-refractivity contribution in [2.24, 2.45) is 11.8 Å². The molecule has 4 nitrogen and oxygen atoms in total. The van der Waals surface area contributed by atoms with Gasteiger partial charge in [0, 0.05) is 38.4 Å². The third-order valence-electron chi connectivity index (χ3n) is 5.83. The fourth-order valence-corrected chi connectivity index (χ4v) is 4.75. The molecule has 0 radical (unpaired) electrons. The van der Waals surface area contributed by atoms with E-state index in [-0.39, 0.29) is 0 Å². The summed E-state index contributed by atoms with van der Waals surface area (Å²) in [4.78, 5) is 14.4. The van der Waals surface area contributed by atoms with E-state index in [0.717, 1.165) is 48.2 Å². The minimum atomic E-state index is 0.885. The van der Waals surface area contributed by atoms with Gasteiger partial charge in [0.2, 0.25) is 0 Å². The van der Waals surface area contributed by atoms with E-state index in [4.69, 9.17) is 4.98 Å². The van der Waals surface area contributed by atoms with E-state index in [1.807, 2.05) is 13.1 Å². The number of nitrogens with zero attached hydrogens (tertiary/aromatic N) is 4. The minimum Gasteiger partial charge on any atom is -0.353 e. The Kier molecular flexibility index (Phi) is 3.37. The summed E-state index contributed by atoms with van der Waals surface area (Å²) < 4.78 is 0. The molecule has 2 aliphatic carbocycles. The van der Waals surface area contributed by atoms with Gasteiger partial charge in [-0.15, -0.1) is 0 Å². The third kappa shape index (κ3) is 2.44. The summed E-state index contributed by atoms with van der Waals surface area (Å²) in [5.74, 6) is 3.15. The second-order valence-electron chi connectivity index (χ2n) is 7.19. The largest absolute Gasteiger partial charge is 0.353 e. The molecule has 114 valence electrons. The van der Waals surface area contributed by atoms with Gasteiger partial charge in [-0.3, -0.25) is 9.88 Å². The zero-order chi connectivity index (χ0) is 14.4. The van der Waals surface area contributed by atoms with Gasteiger partial charge < -0.3 is 4.90 Å². The van der Waals surface area contributed by atoms with Gasteiger partial charge in [-0.05, 0) is 44.9 Å². The molecule has 3 atom stereocenters. The molecule has 0 N–H and O–H groups in total. The van der Waals surface area contributed by atoms with Crippen LogP contribution in [0.15, 0.2) is 6.20 Å². The van der Waals surface area contributed by atoms with Gasteiger partial charge in [-0.2, -0.15) is 0 Å². The summed E-state index contributed by atoms with van der Waals surface area (Å²) in [5, 5.41) is 0. The second kappa shape index (κ2) is 5.24. The highest BCUT2D eigenvalue weighted by molar-refractivity contribution is 5.43. The molecule has 1 aromatic heterocycles. The average Bonchev–Trinajstić information content (AvgIpc) is 3.13. The number of piperazine rings is 1. The van der Waals surface area contributed by atoms with Gasteiger partial charge in [0.1, 0.15) is 5.82 Å². The fourth-order valence-electron chi connectivity index (χ4n) is 4.75. The van der Waals surface area contributed by atoms with Crippen LogP contribution in [0, 0.1) is 25.7 Å². The van der Waals surface area contributed by atoms with Crippen LogP contribution < -0.4 is 4.90 Å². The summed E-state index contributed by atoms with van der Waals surface area (Å²) in [7, 11) is 0. The third-order valence-corrected chi connectivity index (χ3v) is 5.83. The summed E-state index contributed by atoms with van der Waals surface area (Å²) in [6.07, 6.45) is 7.82. The van der Waals surface area contributed by atoms with Crippen molar-refractivity contribution < 1.29 is 0 Å². The molecule has 3 fully saturated rings. The molecule has 1 saturated heterocycles. The van der Waals surface area contributed by atoms with Gasteiger partial charge in [0.15, 0.2) is 0 Å². The Labute approximate surface area is 127 Å². The number of hydrogen-bond acceptors (Lipinski definition) is 4. The maximum Gasteiger partial charge on any atom is 0.150 e. The number of rotatable bonds is 2. The monoisotopic (exact) mass is 286 g/mol.